The number of nitrogens with zero attached hydrogens (tertiary/aromatic N) is 2. The van der Waals surface area contributed by atoms with Crippen LogP contribution >= 0.6 is 11.6 Å². The third-order valence-corrected chi connectivity index (χ3v) is 4.29. The lowest BCUT2D eigenvalue weighted by Gasteiger charge is -2.40. The molecular formula is C17H28ClN3. The van der Waals surface area contributed by atoms with Gasteiger partial charge in [-0.3, -0.25) is 0 Å². The van der Waals surface area contributed by atoms with Crippen molar-refractivity contribution in [1.82, 2.24) is 10.2 Å². The highest BCUT2D eigenvalue weighted by Gasteiger charge is 2.23. The number of halogens is 1. The summed E-state index contributed by atoms with van der Waals surface area (Å²) in [6.07, 6.45) is 0. The summed E-state index contributed by atoms with van der Waals surface area (Å²) in [5.74, 6) is 0.670. The normalized spacial score (nSPS) is 20.3. The van der Waals surface area contributed by atoms with Gasteiger partial charge in [0.1, 0.15) is 0 Å². The van der Waals surface area contributed by atoms with Crippen LogP contribution in [0, 0.1) is 5.92 Å². The molecule has 1 saturated heterocycles. The van der Waals surface area contributed by atoms with Crippen molar-refractivity contribution < 1.29 is 0 Å². The molecule has 1 atom stereocenters. The molecule has 1 fully saturated rings. The number of benzene rings is 1. The first-order chi connectivity index (χ1) is 9.97. The Morgan fingerprint density at radius 1 is 1.33 bits per heavy atom. The van der Waals surface area contributed by atoms with Crippen LogP contribution in [0.2, 0.25) is 5.02 Å². The van der Waals surface area contributed by atoms with E-state index < -0.39 is 0 Å². The largest absolute Gasteiger partial charge is 0.366 e. The topological polar surface area (TPSA) is 18.5 Å². The maximum Gasteiger partial charge on any atom is 0.0430 e. The second-order valence-corrected chi connectivity index (χ2v) is 7.04. The molecule has 4 heteroatoms. The molecule has 0 bridgehead atoms. The smallest absolute Gasteiger partial charge is 0.0430 e. The van der Waals surface area contributed by atoms with E-state index in [0.29, 0.717) is 12.0 Å². The van der Waals surface area contributed by atoms with Gasteiger partial charge in [0.2, 0.25) is 0 Å². The first kappa shape index (κ1) is 16.6. The van der Waals surface area contributed by atoms with Gasteiger partial charge < -0.3 is 15.1 Å². The first-order valence-corrected chi connectivity index (χ1v) is 8.29. The number of anilines is 1. The summed E-state index contributed by atoms with van der Waals surface area (Å²) in [6.45, 7) is 12.0. The number of hydrogen-bond donors (Lipinski definition) is 1. The van der Waals surface area contributed by atoms with Gasteiger partial charge in [-0.2, -0.15) is 0 Å². The van der Waals surface area contributed by atoms with Crippen LogP contribution in [0.5, 0.6) is 0 Å². The van der Waals surface area contributed by atoms with Crippen LogP contribution in [0.4, 0.5) is 5.69 Å². The maximum absolute atomic E-state index is 6.24. The molecular weight excluding hydrogens is 282 g/mol. The first-order valence-electron chi connectivity index (χ1n) is 7.91. The molecule has 1 aliphatic rings. The zero-order valence-corrected chi connectivity index (χ0v) is 14.5. The van der Waals surface area contributed by atoms with Crippen molar-refractivity contribution in [2.24, 2.45) is 5.92 Å². The molecule has 1 aromatic carbocycles. The molecule has 3 nitrogen and oxygen atoms in total. The van der Waals surface area contributed by atoms with Crippen molar-refractivity contribution >= 4 is 17.3 Å². The van der Waals surface area contributed by atoms with Gasteiger partial charge in [0.25, 0.3) is 0 Å². The van der Waals surface area contributed by atoms with Gasteiger partial charge >= 0.3 is 0 Å². The van der Waals surface area contributed by atoms with E-state index in [1.807, 2.05) is 6.07 Å². The number of rotatable bonds is 5. The molecule has 0 radical (unpaired) electrons. The summed E-state index contributed by atoms with van der Waals surface area (Å²) >= 11 is 6.24. The molecule has 0 amide bonds. The Kier molecular flexibility index (Phi) is 5.91. The average molecular weight is 310 g/mol. The molecule has 118 valence electrons. The lowest BCUT2D eigenvalue weighted by molar-refractivity contribution is 0.275. The Bertz CT molecular complexity index is 461. The van der Waals surface area contributed by atoms with Gasteiger partial charge in [-0.15, -0.1) is 0 Å². The Balaban J connectivity index is 2.14. The van der Waals surface area contributed by atoms with E-state index in [4.69, 9.17) is 11.6 Å². The fourth-order valence-corrected chi connectivity index (χ4v) is 3.11. The summed E-state index contributed by atoms with van der Waals surface area (Å²) < 4.78 is 0. The zero-order chi connectivity index (χ0) is 15.4. The lowest BCUT2D eigenvalue weighted by atomic mass is 10.1. The Morgan fingerprint density at radius 3 is 2.76 bits per heavy atom. The number of piperazine rings is 1. The van der Waals surface area contributed by atoms with Gasteiger partial charge in [-0.25, -0.2) is 0 Å². The van der Waals surface area contributed by atoms with Gasteiger partial charge in [0.15, 0.2) is 0 Å². The van der Waals surface area contributed by atoms with Crippen LogP contribution in [-0.4, -0.2) is 44.2 Å². The molecule has 21 heavy (non-hydrogen) atoms. The molecule has 0 aromatic heterocycles. The predicted octanol–water partition coefficient (Wildman–Crippen LogP) is 3.23. The minimum absolute atomic E-state index is 0.520. The third-order valence-electron chi connectivity index (χ3n) is 4.06. The minimum Gasteiger partial charge on any atom is -0.366 e. The van der Waals surface area contributed by atoms with Crippen LogP contribution in [0.15, 0.2) is 18.2 Å². The number of likely N-dealkylation sites (N-methyl/N-ethyl adjacent to an activating group) is 1. The van der Waals surface area contributed by atoms with Crippen molar-refractivity contribution in [1.29, 1.82) is 0 Å². The Hall–Kier alpha value is -0.770. The second-order valence-electron chi connectivity index (χ2n) is 6.60. The fourth-order valence-electron chi connectivity index (χ4n) is 2.95. The summed E-state index contributed by atoms with van der Waals surface area (Å²) in [5.41, 5.74) is 2.64. The molecule has 0 spiro atoms. The SMILES string of the molecule is CC(C)CNCc1ccc(Cl)cc1N1CCN(C)CC1C. The summed E-state index contributed by atoms with van der Waals surface area (Å²) in [5, 5.41) is 4.37. The van der Waals surface area contributed by atoms with Gasteiger partial charge in [0, 0.05) is 42.9 Å². The Labute approximate surface area is 134 Å². The van der Waals surface area contributed by atoms with Crippen molar-refractivity contribution in [2.75, 3.05) is 38.1 Å². The molecule has 0 aliphatic carbocycles. The van der Waals surface area contributed by atoms with Crippen LogP contribution in [0.1, 0.15) is 26.3 Å². The summed E-state index contributed by atoms with van der Waals surface area (Å²) in [4.78, 5) is 4.89. The molecule has 1 aliphatic heterocycles. The van der Waals surface area contributed by atoms with E-state index in [9.17, 15) is 0 Å². The fraction of sp³-hybridized carbons (Fsp3) is 0.647. The van der Waals surface area contributed by atoms with E-state index >= 15 is 0 Å². The summed E-state index contributed by atoms with van der Waals surface area (Å²) in [6, 6.07) is 6.80. The van der Waals surface area contributed by atoms with Crippen molar-refractivity contribution in [3.8, 4) is 0 Å². The van der Waals surface area contributed by atoms with Gasteiger partial charge in [-0.1, -0.05) is 31.5 Å². The lowest BCUT2D eigenvalue weighted by Crippen LogP contribution is -2.50. The number of hydrogen-bond acceptors (Lipinski definition) is 3. The van der Waals surface area contributed by atoms with Crippen LogP contribution in [0.25, 0.3) is 0 Å². The molecule has 1 unspecified atom stereocenters. The van der Waals surface area contributed by atoms with Crippen molar-refractivity contribution in [3.05, 3.63) is 28.8 Å². The van der Waals surface area contributed by atoms with E-state index in [1.165, 1.54) is 11.3 Å². The van der Waals surface area contributed by atoms with E-state index in [0.717, 1.165) is 37.7 Å². The number of nitrogens with one attached hydrogen (secondary N) is 1. The average Bonchev–Trinajstić information content (AvgIpc) is 2.40. The second kappa shape index (κ2) is 7.48. The quantitative estimate of drug-likeness (QED) is 0.901. The van der Waals surface area contributed by atoms with Crippen LogP contribution < -0.4 is 10.2 Å². The zero-order valence-electron chi connectivity index (χ0n) is 13.7. The van der Waals surface area contributed by atoms with Crippen LogP contribution in [0.3, 0.4) is 0 Å². The molecule has 1 aromatic rings. The highest BCUT2D eigenvalue weighted by Crippen LogP contribution is 2.28. The van der Waals surface area contributed by atoms with E-state index in [-0.39, 0.29) is 0 Å². The van der Waals surface area contributed by atoms with E-state index in [1.54, 1.807) is 0 Å². The molecule has 1 heterocycles. The Morgan fingerprint density at radius 2 is 2.10 bits per heavy atom. The van der Waals surface area contributed by atoms with Crippen molar-refractivity contribution in [2.45, 2.75) is 33.4 Å². The standard InChI is InChI=1S/C17H28ClN3/c1-13(2)10-19-11-15-5-6-16(18)9-17(15)21-8-7-20(4)12-14(21)3/h5-6,9,13-14,19H,7-8,10-12H2,1-4H3. The monoisotopic (exact) mass is 309 g/mol. The molecule has 2 rings (SSSR count). The predicted molar refractivity (Wildman–Crippen MR) is 92.3 cm³/mol. The van der Waals surface area contributed by atoms with E-state index in [2.05, 4.69) is 55.1 Å². The van der Waals surface area contributed by atoms with Crippen molar-refractivity contribution in [3.63, 3.8) is 0 Å². The maximum atomic E-state index is 6.24. The third kappa shape index (κ3) is 4.60. The summed E-state index contributed by atoms with van der Waals surface area (Å²) in [7, 11) is 2.19. The van der Waals surface area contributed by atoms with Gasteiger partial charge in [-0.05, 0) is 44.1 Å². The highest BCUT2D eigenvalue weighted by molar-refractivity contribution is 6.30. The van der Waals surface area contributed by atoms with Crippen LogP contribution in [-0.2, 0) is 6.54 Å². The highest BCUT2D eigenvalue weighted by atomic mass is 35.5. The molecule has 0 saturated carbocycles. The molecule has 1 N–H and O–H groups in total. The van der Waals surface area contributed by atoms with Gasteiger partial charge in [0.05, 0.1) is 0 Å². The minimum atomic E-state index is 0.520.